The molecule has 1 heterocycles. The molecule has 1 aromatic carbocycles. The van der Waals surface area contributed by atoms with E-state index in [2.05, 4.69) is 4.99 Å². The van der Waals surface area contributed by atoms with Gasteiger partial charge in [-0.25, -0.2) is 0 Å². The van der Waals surface area contributed by atoms with Crippen molar-refractivity contribution in [3.05, 3.63) is 28.8 Å². The van der Waals surface area contributed by atoms with E-state index < -0.39 is 5.92 Å². The maximum absolute atomic E-state index is 11.7. The third kappa shape index (κ3) is 2.37. The first-order valence-electron chi connectivity index (χ1n) is 5.18. The van der Waals surface area contributed by atoms with Crippen molar-refractivity contribution in [3.63, 3.8) is 0 Å². The van der Waals surface area contributed by atoms with Gasteiger partial charge >= 0.3 is 5.97 Å². The Balaban J connectivity index is 2.35. The second kappa shape index (κ2) is 4.94. The maximum Gasteiger partial charge on any atom is 0.319 e. The summed E-state index contributed by atoms with van der Waals surface area (Å²) in [5.41, 5.74) is 1.47. The summed E-state index contributed by atoms with van der Waals surface area (Å²) < 4.78 is 4.95. The Morgan fingerprint density at radius 3 is 3.06 bits per heavy atom. The van der Waals surface area contributed by atoms with Gasteiger partial charge < -0.3 is 4.74 Å². The van der Waals surface area contributed by atoms with Crippen LogP contribution in [-0.2, 0) is 9.53 Å². The molecule has 0 saturated heterocycles. The van der Waals surface area contributed by atoms with Gasteiger partial charge in [-0.15, -0.1) is 0 Å². The minimum atomic E-state index is -0.587. The second-order valence-electron chi connectivity index (χ2n) is 3.53. The van der Waals surface area contributed by atoms with Crippen LogP contribution >= 0.6 is 23.8 Å². The molecule has 0 aromatic heterocycles. The van der Waals surface area contributed by atoms with Crippen LogP contribution in [0.25, 0.3) is 0 Å². The summed E-state index contributed by atoms with van der Waals surface area (Å²) in [6.07, 6.45) is 1.52. The van der Waals surface area contributed by atoms with Crippen molar-refractivity contribution in [3.8, 4) is 0 Å². The number of thiocarbonyl (C=S) groups is 1. The van der Waals surface area contributed by atoms with E-state index in [-0.39, 0.29) is 5.97 Å². The molecule has 0 fully saturated rings. The Hall–Kier alpha value is -1.26. The second-order valence-corrected chi connectivity index (χ2v) is 4.41. The monoisotopic (exact) mass is 267 g/mol. The van der Waals surface area contributed by atoms with Gasteiger partial charge in [0.15, 0.2) is 0 Å². The largest absolute Gasteiger partial charge is 0.465 e. The molecule has 3 nitrogen and oxygen atoms in total. The van der Waals surface area contributed by atoms with Crippen LogP contribution in [0.5, 0.6) is 0 Å². The van der Waals surface area contributed by atoms with Gasteiger partial charge in [-0.05, 0) is 25.1 Å². The number of fused-ring (bicyclic) bond motifs is 1. The van der Waals surface area contributed by atoms with Gasteiger partial charge in [0.05, 0.1) is 12.3 Å². The lowest BCUT2D eigenvalue weighted by Crippen LogP contribution is -2.28. The summed E-state index contributed by atoms with van der Waals surface area (Å²) in [6, 6.07) is 5.24. The number of hydrogen-bond acceptors (Lipinski definition) is 4. The third-order valence-electron chi connectivity index (χ3n) is 2.41. The van der Waals surface area contributed by atoms with Crippen LogP contribution in [-0.4, -0.2) is 23.7 Å². The highest BCUT2D eigenvalue weighted by Gasteiger charge is 2.28. The van der Waals surface area contributed by atoms with Gasteiger partial charge in [-0.1, -0.05) is 23.8 Å². The topological polar surface area (TPSA) is 38.7 Å². The number of carbonyl (C=O) groups is 1. The van der Waals surface area contributed by atoms with E-state index in [4.69, 9.17) is 28.6 Å². The number of nitrogens with zero attached hydrogens (tertiary/aromatic N) is 1. The van der Waals surface area contributed by atoms with Gasteiger partial charge in [0.1, 0.15) is 5.92 Å². The first-order valence-corrected chi connectivity index (χ1v) is 5.96. The Kier molecular flexibility index (Phi) is 3.54. The summed E-state index contributed by atoms with van der Waals surface area (Å²) in [5, 5.41) is 0.575. The quantitative estimate of drug-likeness (QED) is 0.611. The molecule has 1 unspecified atom stereocenters. The first kappa shape index (κ1) is 12.2. The van der Waals surface area contributed by atoms with E-state index in [1.165, 1.54) is 6.21 Å². The highest BCUT2D eigenvalue weighted by molar-refractivity contribution is 7.81. The van der Waals surface area contributed by atoms with E-state index in [1.54, 1.807) is 25.1 Å². The van der Waals surface area contributed by atoms with E-state index >= 15 is 0 Å². The van der Waals surface area contributed by atoms with Crippen molar-refractivity contribution < 1.29 is 9.53 Å². The normalized spacial score (nSPS) is 17.8. The van der Waals surface area contributed by atoms with Gasteiger partial charge in [0.2, 0.25) is 0 Å². The summed E-state index contributed by atoms with van der Waals surface area (Å²) >= 11 is 11.2. The first-order chi connectivity index (χ1) is 8.13. The molecule has 17 heavy (non-hydrogen) atoms. The van der Waals surface area contributed by atoms with Crippen molar-refractivity contribution in [2.75, 3.05) is 6.61 Å². The molecule has 0 spiro atoms. The molecule has 88 valence electrons. The van der Waals surface area contributed by atoms with Crippen molar-refractivity contribution >= 4 is 46.6 Å². The molecular formula is C12H10ClNO2S. The maximum atomic E-state index is 11.7. The molecule has 0 saturated carbocycles. The van der Waals surface area contributed by atoms with E-state index in [1.807, 2.05) is 0 Å². The molecule has 0 bridgehead atoms. The zero-order valence-electron chi connectivity index (χ0n) is 9.14. The summed E-state index contributed by atoms with van der Waals surface area (Å²) in [4.78, 5) is 16.4. The summed E-state index contributed by atoms with van der Waals surface area (Å²) in [5.74, 6) is -0.956. The van der Waals surface area contributed by atoms with E-state index in [0.717, 1.165) is 11.3 Å². The smallest absolute Gasteiger partial charge is 0.319 e. The average molecular weight is 268 g/mol. The average Bonchev–Trinajstić information content (AvgIpc) is 2.30. The van der Waals surface area contributed by atoms with Gasteiger partial charge in [-0.3, -0.25) is 9.79 Å². The zero-order valence-corrected chi connectivity index (χ0v) is 10.7. The molecule has 0 aliphatic carbocycles. The Labute approximate surface area is 109 Å². The molecule has 1 aliphatic rings. The van der Waals surface area contributed by atoms with Crippen LogP contribution in [0.1, 0.15) is 12.5 Å². The third-order valence-corrected chi connectivity index (χ3v) is 3.12. The van der Waals surface area contributed by atoms with Crippen molar-refractivity contribution in [2.45, 2.75) is 6.92 Å². The minimum Gasteiger partial charge on any atom is -0.465 e. The van der Waals surface area contributed by atoms with Crippen molar-refractivity contribution in [1.82, 2.24) is 0 Å². The van der Waals surface area contributed by atoms with Gasteiger partial charge in [-0.2, -0.15) is 0 Å². The van der Waals surface area contributed by atoms with Gasteiger partial charge in [0, 0.05) is 21.7 Å². The number of carbonyl (C=O) groups excluding carboxylic acids is 1. The fourth-order valence-electron chi connectivity index (χ4n) is 1.61. The molecule has 1 atom stereocenters. The highest BCUT2D eigenvalue weighted by Crippen LogP contribution is 2.29. The lowest BCUT2D eigenvalue weighted by Gasteiger charge is -2.18. The minimum absolute atomic E-state index is 0.328. The summed E-state index contributed by atoms with van der Waals surface area (Å²) in [7, 11) is 0. The van der Waals surface area contributed by atoms with Crippen LogP contribution in [0.3, 0.4) is 0 Å². The Morgan fingerprint density at radius 2 is 2.35 bits per heavy atom. The van der Waals surface area contributed by atoms with E-state index in [9.17, 15) is 4.79 Å². The number of aliphatic imine (C=N–C) groups is 1. The molecule has 5 heteroatoms. The highest BCUT2D eigenvalue weighted by atomic mass is 35.5. The lowest BCUT2D eigenvalue weighted by atomic mass is 9.96. The number of esters is 1. The molecule has 0 radical (unpaired) electrons. The molecular weight excluding hydrogens is 258 g/mol. The summed E-state index contributed by atoms with van der Waals surface area (Å²) in [6.45, 7) is 2.08. The van der Waals surface area contributed by atoms with Crippen LogP contribution in [0, 0.1) is 5.92 Å². The van der Waals surface area contributed by atoms with Crippen LogP contribution in [0.15, 0.2) is 23.2 Å². The van der Waals surface area contributed by atoms with Crippen molar-refractivity contribution in [1.29, 1.82) is 0 Å². The van der Waals surface area contributed by atoms with Crippen LogP contribution in [0.4, 0.5) is 5.69 Å². The number of hydrogen-bond donors (Lipinski definition) is 0. The SMILES string of the molecule is CCOC(=O)C1C=Nc2ccc(Cl)cc2C1=S. The molecule has 0 amide bonds. The fraction of sp³-hybridized carbons (Fsp3) is 0.250. The predicted octanol–water partition coefficient (Wildman–Crippen LogP) is 2.95. The lowest BCUT2D eigenvalue weighted by molar-refractivity contribution is -0.143. The zero-order chi connectivity index (χ0) is 12.4. The molecule has 2 rings (SSSR count). The predicted molar refractivity (Wildman–Crippen MR) is 71.4 cm³/mol. The number of rotatable bonds is 2. The molecule has 1 aromatic rings. The van der Waals surface area contributed by atoms with Gasteiger partial charge in [0.25, 0.3) is 0 Å². The number of halogens is 1. The van der Waals surface area contributed by atoms with Crippen LogP contribution in [0.2, 0.25) is 5.02 Å². The van der Waals surface area contributed by atoms with E-state index in [0.29, 0.717) is 16.5 Å². The number of ether oxygens (including phenoxy) is 1. The Bertz CT molecular complexity index is 513. The van der Waals surface area contributed by atoms with Crippen molar-refractivity contribution in [2.24, 2.45) is 10.9 Å². The van der Waals surface area contributed by atoms with Crippen LogP contribution < -0.4 is 0 Å². The Morgan fingerprint density at radius 1 is 1.59 bits per heavy atom. The molecule has 1 aliphatic heterocycles. The molecule has 0 N–H and O–H groups in total. The number of benzene rings is 1. The standard InChI is InChI=1S/C12H10ClNO2S/c1-2-16-12(15)9-6-14-10-4-3-7(13)5-8(10)11(9)17/h3-6,9H,2H2,1H3. The fourth-order valence-corrected chi connectivity index (χ4v) is 2.10.